The lowest BCUT2D eigenvalue weighted by molar-refractivity contribution is -0.117. The van der Waals surface area contributed by atoms with Crippen molar-refractivity contribution in [3.05, 3.63) is 46.3 Å². The van der Waals surface area contributed by atoms with Crippen molar-refractivity contribution in [3.63, 3.8) is 0 Å². The molecule has 0 aliphatic heterocycles. The number of hydrogen-bond donors (Lipinski definition) is 3. The summed E-state index contributed by atoms with van der Waals surface area (Å²) in [4.78, 5) is 23.5. The zero-order valence-electron chi connectivity index (χ0n) is 13.9. The van der Waals surface area contributed by atoms with Gasteiger partial charge in [-0.05, 0) is 49.4 Å². The minimum Gasteiger partial charge on any atom is -0.478 e. The molecule has 0 spiro atoms. The van der Waals surface area contributed by atoms with E-state index in [1.807, 2.05) is 0 Å². The van der Waals surface area contributed by atoms with Crippen LogP contribution in [-0.2, 0) is 14.8 Å². The fraction of sp³-hybridized carbons (Fsp3) is 0.250. The van der Waals surface area contributed by atoms with E-state index in [4.69, 9.17) is 0 Å². The Balaban J connectivity index is 2.17. The van der Waals surface area contributed by atoms with Crippen LogP contribution in [0.4, 0.5) is 5.69 Å². The average molecular weight is 382 g/mol. The summed E-state index contributed by atoms with van der Waals surface area (Å²) in [7, 11) is -3.78. The van der Waals surface area contributed by atoms with Crippen molar-refractivity contribution >= 4 is 38.9 Å². The number of carbonyl (C=O) groups is 2. The molecule has 134 valence electrons. The summed E-state index contributed by atoms with van der Waals surface area (Å²) in [6.45, 7) is 4.82. The SMILES string of the molecule is Cc1cc(C)c(C(=O)O)cc1NC(=O)C(C)NS(=O)(=O)c1cccs1. The maximum atomic E-state index is 12.3. The van der Waals surface area contributed by atoms with Crippen LogP contribution < -0.4 is 10.0 Å². The second-order valence-electron chi connectivity index (χ2n) is 5.55. The number of aryl methyl sites for hydroxylation is 2. The Kier molecular flexibility index (Phi) is 5.61. The van der Waals surface area contributed by atoms with Gasteiger partial charge in [0.1, 0.15) is 4.21 Å². The minimum atomic E-state index is -3.78. The highest BCUT2D eigenvalue weighted by Gasteiger charge is 2.23. The topological polar surface area (TPSA) is 113 Å². The number of benzene rings is 1. The predicted molar refractivity (Wildman–Crippen MR) is 95.6 cm³/mol. The van der Waals surface area contributed by atoms with Gasteiger partial charge >= 0.3 is 5.97 Å². The number of carbonyl (C=O) groups excluding carboxylic acids is 1. The van der Waals surface area contributed by atoms with Gasteiger partial charge in [-0.25, -0.2) is 13.2 Å². The van der Waals surface area contributed by atoms with Crippen LogP contribution in [0.5, 0.6) is 0 Å². The first-order valence-electron chi connectivity index (χ1n) is 7.33. The number of rotatable bonds is 6. The molecule has 2 rings (SSSR count). The lowest BCUT2D eigenvalue weighted by Gasteiger charge is -2.16. The summed E-state index contributed by atoms with van der Waals surface area (Å²) in [6.07, 6.45) is 0. The normalized spacial score (nSPS) is 12.6. The Morgan fingerprint density at radius 1 is 1.20 bits per heavy atom. The molecule has 0 aliphatic carbocycles. The third-order valence-corrected chi connectivity index (χ3v) is 6.48. The van der Waals surface area contributed by atoms with Gasteiger partial charge in [-0.1, -0.05) is 12.1 Å². The molecule has 1 aromatic heterocycles. The number of carboxylic acid groups (broad SMARTS) is 1. The zero-order valence-corrected chi connectivity index (χ0v) is 15.5. The molecule has 0 fully saturated rings. The summed E-state index contributed by atoms with van der Waals surface area (Å²) >= 11 is 1.05. The number of aromatic carboxylic acids is 1. The van der Waals surface area contributed by atoms with Gasteiger partial charge in [0, 0.05) is 5.69 Å². The number of nitrogens with one attached hydrogen (secondary N) is 2. The third-order valence-electron chi connectivity index (χ3n) is 3.54. The maximum absolute atomic E-state index is 12.3. The van der Waals surface area contributed by atoms with Gasteiger partial charge in [0.2, 0.25) is 5.91 Å². The summed E-state index contributed by atoms with van der Waals surface area (Å²) < 4.78 is 26.7. The Bertz CT molecular complexity index is 905. The molecule has 0 radical (unpaired) electrons. The second-order valence-corrected chi connectivity index (χ2v) is 8.44. The van der Waals surface area contributed by atoms with E-state index in [2.05, 4.69) is 10.0 Å². The van der Waals surface area contributed by atoms with Crippen molar-refractivity contribution in [2.45, 2.75) is 31.0 Å². The quantitative estimate of drug-likeness (QED) is 0.710. The molecule has 2 aromatic rings. The van der Waals surface area contributed by atoms with Crippen LogP contribution in [0.15, 0.2) is 33.9 Å². The van der Waals surface area contributed by atoms with E-state index in [1.54, 1.807) is 31.4 Å². The summed E-state index contributed by atoms with van der Waals surface area (Å²) in [6, 6.07) is 5.04. The van der Waals surface area contributed by atoms with Gasteiger partial charge in [0.15, 0.2) is 0 Å². The van der Waals surface area contributed by atoms with Gasteiger partial charge in [-0.15, -0.1) is 11.3 Å². The lowest BCUT2D eigenvalue weighted by Crippen LogP contribution is -2.41. The van der Waals surface area contributed by atoms with E-state index in [0.29, 0.717) is 16.8 Å². The van der Waals surface area contributed by atoms with Crippen LogP contribution in [0, 0.1) is 13.8 Å². The molecule has 1 unspecified atom stereocenters. The smallest absolute Gasteiger partial charge is 0.336 e. The summed E-state index contributed by atoms with van der Waals surface area (Å²) in [5, 5.41) is 13.4. The first-order valence-corrected chi connectivity index (χ1v) is 9.69. The van der Waals surface area contributed by atoms with E-state index in [0.717, 1.165) is 11.3 Å². The van der Waals surface area contributed by atoms with E-state index in [-0.39, 0.29) is 9.77 Å². The molecule has 25 heavy (non-hydrogen) atoms. The van der Waals surface area contributed by atoms with Gasteiger partial charge in [-0.3, -0.25) is 4.79 Å². The van der Waals surface area contributed by atoms with Gasteiger partial charge in [-0.2, -0.15) is 4.72 Å². The van der Waals surface area contributed by atoms with Crippen molar-refractivity contribution in [1.29, 1.82) is 0 Å². The molecule has 9 heteroatoms. The van der Waals surface area contributed by atoms with Crippen molar-refractivity contribution in [3.8, 4) is 0 Å². The molecule has 3 N–H and O–H groups in total. The minimum absolute atomic E-state index is 0.0766. The number of hydrogen-bond acceptors (Lipinski definition) is 5. The Labute approximate surface area is 149 Å². The standard InChI is InChI=1S/C16H18N2O5S2/c1-9-7-10(2)13(8-12(9)16(20)21)17-15(19)11(3)18-25(22,23)14-5-4-6-24-14/h4-8,11,18H,1-3H3,(H,17,19)(H,20,21). The number of thiophene rings is 1. The first-order chi connectivity index (χ1) is 11.6. The molecule has 1 amide bonds. The molecule has 1 atom stereocenters. The largest absolute Gasteiger partial charge is 0.478 e. The molecule has 0 saturated heterocycles. The second kappa shape index (κ2) is 7.34. The average Bonchev–Trinajstić information content (AvgIpc) is 3.04. The number of amides is 1. The van der Waals surface area contributed by atoms with Crippen molar-refractivity contribution < 1.29 is 23.1 Å². The highest BCUT2D eigenvalue weighted by atomic mass is 32.2. The monoisotopic (exact) mass is 382 g/mol. The van der Waals surface area contributed by atoms with E-state index in [9.17, 15) is 23.1 Å². The fourth-order valence-corrected chi connectivity index (χ4v) is 4.43. The molecule has 7 nitrogen and oxygen atoms in total. The fourth-order valence-electron chi connectivity index (χ4n) is 2.22. The van der Waals surface area contributed by atoms with E-state index in [1.165, 1.54) is 19.1 Å². The van der Waals surface area contributed by atoms with Crippen LogP contribution in [-0.4, -0.2) is 31.4 Å². The zero-order chi connectivity index (χ0) is 18.8. The molecular formula is C16H18N2O5S2. The summed E-state index contributed by atoms with van der Waals surface area (Å²) in [5.74, 6) is -1.68. The lowest BCUT2D eigenvalue weighted by atomic mass is 10.0. The predicted octanol–water partition coefficient (Wildman–Crippen LogP) is 2.37. The number of sulfonamides is 1. The maximum Gasteiger partial charge on any atom is 0.336 e. The van der Waals surface area contributed by atoms with Gasteiger partial charge in [0.25, 0.3) is 10.0 Å². The Morgan fingerprint density at radius 3 is 2.44 bits per heavy atom. The molecule has 0 saturated carbocycles. The Morgan fingerprint density at radius 2 is 1.88 bits per heavy atom. The Hall–Kier alpha value is -2.23. The number of anilines is 1. The summed E-state index contributed by atoms with van der Waals surface area (Å²) in [5.41, 5.74) is 1.67. The molecule has 1 heterocycles. The van der Waals surface area contributed by atoms with Gasteiger partial charge in [0.05, 0.1) is 11.6 Å². The van der Waals surface area contributed by atoms with Gasteiger partial charge < -0.3 is 10.4 Å². The van der Waals surface area contributed by atoms with Crippen LogP contribution in [0.25, 0.3) is 0 Å². The van der Waals surface area contributed by atoms with E-state index < -0.39 is 27.9 Å². The van der Waals surface area contributed by atoms with Crippen molar-refractivity contribution in [2.75, 3.05) is 5.32 Å². The molecule has 1 aromatic carbocycles. The van der Waals surface area contributed by atoms with Crippen LogP contribution >= 0.6 is 11.3 Å². The van der Waals surface area contributed by atoms with Crippen molar-refractivity contribution in [1.82, 2.24) is 4.72 Å². The third kappa shape index (κ3) is 4.44. The van der Waals surface area contributed by atoms with Crippen LogP contribution in [0.1, 0.15) is 28.4 Å². The van der Waals surface area contributed by atoms with E-state index >= 15 is 0 Å². The highest BCUT2D eigenvalue weighted by molar-refractivity contribution is 7.91. The molecule has 0 aliphatic rings. The number of carboxylic acids is 1. The van der Waals surface area contributed by atoms with Crippen LogP contribution in [0.3, 0.4) is 0 Å². The molecular weight excluding hydrogens is 364 g/mol. The highest BCUT2D eigenvalue weighted by Crippen LogP contribution is 2.21. The molecule has 0 bridgehead atoms. The van der Waals surface area contributed by atoms with Crippen LogP contribution in [0.2, 0.25) is 0 Å². The first kappa shape index (κ1) is 19.1. The van der Waals surface area contributed by atoms with Crippen molar-refractivity contribution in [2.24, 2.45) is 0 Å².